The van der Waals surface area contributed by atoms with Crippen LogP contribution >= 0.6 is 0 Å². The van der Waals surface area contributed by atoms with Crippen LogP contribution in [0.4, 0.5) is 19.0 Å². The van der Waals surface area contributed by atoms with Crippen LogP contribution in [-0.4, -0.2) is 49.9 Å². The van der Waals surface area contributed by atoms with Crippen molar-refractivity contribution in [3.63, 3.8) is 0 Å². The Hall–Kier alpha value is -4.47. The van der Waals surface area contributed by atoms with E-state index in [0.717, 1.165) is 23.4 Å². The van der Waals surface area contributed by atoms with Gasteiger partial charge in [0.05, 0.1) is 24.3 Å². The molecule has 0 N–H and O–H groups in total. The Labute approximate surface area is 223 Å². The Balaban J connectivity index is 1.53. The van der Waals surface area contributed by atoms with Crippen LogP contribution in [0.3, 0.4) is 0 Å². The number of carbonyl (C=O) groups is 1. The normalized spacial score (nSPS) is 15.8. The average molecular weight is 531 g/mol. The van der Waals surface area contributed by atoms with Gasteiger partial charge in [-0.05, 0) is 50.6 Å². The fourth-order valence-corrected chi connectivity index (χ4v) is 5.12. The number of nitrogens with zero attached hydrogens (tertiary/aromatic N) is 6. The smallest absolute Gasteiger partial charge is 0.283 e. The summed E-state index contributed by atoms with van der Waals surface area (Å²) in [5.74, 6) is -3.04. The molecule has 6 rings (SSSR count). The number of imidazole rings is 1. The SMILES string of the molecule is CCN1C(=O)c2nc(-c3ccc(-c4ccccc4)nc3)n(Cc3cc(F)c(F)c(F)c3)c2N2CC(C)(C)N=C12. The van der Waals surface area contributed by atoms with Gasteiger partial charge in [0.2, 0.25) is 5.96 Å². The second-order valence-corrected chi connectivity index (χ2v) is 10.2. The lowest BCUT2D eigenvalue weighted by molar-refractivity contribution is 0.0841. The van der Waals surface area contributed by atoms with Crippen molar-refractivity contribution >= 4 is 17.7 Å². The lowest BCUT2D eigenvalue weighted by Gasteiger charge is -2.34. The van der Waals surface area contributed by atoms with Crippen molar-refractivity contribution in [2.24, 2.45) is 4.99 Å². The Bertz CT molecular complexity index is 1610. The van der Waals surface area contributed by atoms with Crippen LogP contribution in [0, 0.1) is 17.5 Å². The van der Waals surface area contributed by atoms with E-state index in [4.69, 9.17) is 9.98 Å². The highest BCUT2D eigenvalue weighted by molar-refractivity contribution is 6.18. The quantitative estimate of drug-likeness (QED) is 0.319. The molecule has 39 heavy (non-hydrogen) atoms. The lowest BCUT2D eigenvalue weighted by atomic mass is 10.1. The molecule has 0 fully saturated rings. The number of guanidine groups is 1. The molecular weight excluding hydrogens is 505 g/mol. The van der Waals surface area contributed by atoms with E-state index in [9.17, 15) is 18.0 Å². The molecule has 198 valence electrons. The predicted octanol–water partition coefficient (Wildman–Crippen LogP) is 5.51. The van der Waals surface area contributed by atoms with Gasteiger partial charge in [-0.15, -0.1) is 0 Å². The molecule has 0 saturated carbocycles. The molecule has 2 aromatic heterocycles. The van der Waals surface area contributed by atoms with Crippen molar-refractivity contribution in [2.75, 3.05) is 18.0 Å². The molecule has 1 amide bonds. The molecule has 2 aliphatic heterocycles. The lowest BCUT2D eigenvalue weighted by Crippen LogP contribution is -2.51. The number of hydrogen-bond donors (Lipinski definition) is 0. The molecule has 2 aromatic carbocycles. The summed E-state index contributed by atoms with van der Waals surface area (Å²) in [5, 5.41) is 0. The second-order valence-electron chi connectivity index (χ2n) is 10.2. The molecule has 0 aliphatic carbocycles. The molecule has 4 heterocycles. The third kappa shape index (κ3) is 4.16. The van der Waals surface area contributed by atoms with E-state index in [-0.39, 0.29) is 23.7 Å². The van der Waals surface area contributed by atoms with E-state index in [2.05, 4.69) is 4.98 Å². The van der Waals surface area contributed by atoms with Gasteiger partial charge in [0.15, 0.2) is 23.1 Å². The molecule has 0 spiro atoms. The van der Waals surface area contributed by atoms with Gasteiger partial charge in [0.25, 0.3) is 5.91 Å². The number of amides is 1. The highest BCUT2D eigenvalue weighted by Gasteiger charge is 2.45. The summed E-state index contributed by atoms with van der Waals surface area (Å²) in [4.78, 5) is 31.2. The minimum atomic E-state index is -1.53. The van der Waals surface area contributed by atoms with E-state index >= 15 is 0 Å². The van der Waals surface area contributed by atoms with Gasteiger partial charge in [0, 0.05) is 23.9 Å². The first-order valence-electron chi connectivity index (χ1n) is 12.6. The van der Waals surface area contributed by atoms with E-state index in [1.165, 1.54) is 0 Å². The van der Waals surface area contributed by atoms with Crippen molar-refractivity contribution in [2.45, 2.75) is 32.9 Å². The number of fused-ring (bicyclic) bond motifs is 3. The summed E-state index contributed by atoms with van der Waals surface area (Å²) >= 11 is 0. The van der Waals surface area contributed by atoms with Crippen molar-refractivity contribution in [1.82, 2.24) is 19.4 Å². The molecule has 0 saturated heterocycles. The molecule has 0 atom stereocenters. The number of carbonyl (C=O) groups excluding carboxylic acids is 1. The second kappa shape index (κ2) is 9.07. The summed E-state index contributed by atoms with van der Waals surface area (Å²) in [5.41, 5.74) is 2.22. The molecule has 0 unspecified atom stereocenters. The maximum Gasteiger partial charge on any atom is 0.283 e. The zero-order valence-corrected chi connectivity index (χ0v) is 21.6. The van der Waals surface area contributed by atoms with Gasteiger partial charge in [-0.3, -0.25) is 19.6 Å². The van der Waals surface area contributed by atoms with E-state index in [1.807, 2.05) is 68.1 Å². The first-order chi connectivity index (χ1) is 18.7. The van der Waals surface area contributed by atoms with Crippen molar-refractivity contribution in [3.05, 3.63) is 89.5 Å². The monoisotopic (exact) mass is 530 g/mol. The highest BCUT2D eigenvalue weighted by Crippen LogP contribution is 2.39. The Morgan fingerprint density at radius 1 is 0.974 bits per heavy atom. The number of hydrogen-bond acceptors (Lipinski definition) is 5. The van der Waals surface area contributed by atoms with Crippen molar-refractivity contribution in [1.29, 1.82) is 0 Å². The van der Waals surface area contributed by atoms with Crippen LogP contribution < -0.4 is 4.90 Å². The van der Waals surface area contributed by atoms with E-state index in [1.54, 1.807) is 15.7 Å². The van der Waals surface area contributed by atoms with Crippen LogP contribution in [-0.2, 0) is 6.54 Å². The average Bonchev–Trinajstić information content (AvgIpc) is 3.45. The maximum atomic E-state index is 14.2. The number of anilines is 1. The molecule has 0 bridgehead atoms. The minimum absolute atomic E-state index is 0.0597. The highest BCUT2D eigenvalue weighted by atomic mass is 19.2. The van der Waals surface area contributed by atoms with Gasteiger partial charge < -0.3 is 4.57 Å². The first kappa shape index (κ1) is 24.8. The predicted molar refractivity (Wildman–Crippen MR) is 142 cm³/mol. The fourth-order valence-electron chi connectivity index (χ4n) is 5.12. The van der Waals surface area contributed by atoms with Crippen LogP contribution in [0.25, 0.3) is 22.6 Å². The van der Waals surface area contributed by atoms with Crippen LogP contribution in [0.5, 0.6) is 0 Å². The van der Waals surface area contributed by atoms with Gasteiger partial charge in [-0.25, -0.2) is 23.1 Å². The largest absolute Gasteiger partial charge is 0.305 e. The van der Waals surface area contributed by atoms with Crippen LogP contribution in [0.2, 0.25) is 0 Å². The molecule has 4 aromatic rings. The van der Waals surface area contributed by atoms with Crippen LogP contribution in [0.15, 0.2) is 65.8 Å². The number of aromatic nitrogens is 3. The summed E-state index contributed by atoms with van der Waals surface area (Å²) in [6.07, 6.45) is 1.66. The van der Waals surface area contributed by atoms with Gasteiger partial charge >= 0.3 is 0 Å². The van der Waals surface area contributed by atoms with E-state index in [0.29, 0.717) is 36.3 Å². The maximum absolute atomic E-state index is 14.2. The minimum Gasteiger partial charge on any atom is -0.305 e. The topological polar surface area (TPSA) is 66.6 Å². The van der Waals surface area contributed by atoms with Gasteiger partial charge in [0.1, 0.15) is 11.6 Å². The number of benzene rings is 2. The van der Waals surface area contributed by atoms with Crippen molar-refractivity contribution < 1.29 is 18.0 Å². The summed E-state index contributed by atoms with van der Waals surface area (Å²) in [7, 11) is 0. The zero-order valence-electron chi connectivity index (χ0n) is 21.6. The molecular formula is C29H25F3N6O. The first-order valence-corrected chi connectivity index (χ1v) is 12.6. The summed E-state index contributed by atoms with van der Waals surface area (Å²) in [6.45, 7) is 6.61. The standard InChI is InChI=1S/C29H25F3N6O/c1-4-36-27(39)24-26(38-16-29(2,3)35-28(36)38)37(15-17-12-20(30)23(32)21(31)13-17)25(34-24)19-10-11-22(33-14-19)18-8-6-5-7-9-18/h5-14H,4,15-16H2,1-3H3. The Morgan fingerprint density at radius 2 is 1.69 bits per heavy atom. The third-order valence-electron chi connectivity index (χ3n) is 6.87. The van der Waals surface area contributed by atoms with Gasteiger partial charge in [-0.1, -0.05) is 30.3 Å². The van der Waals surface area contributed by atoms with Crippen molar-refractivity contribution in [3.8, 4) is 22.6 Å². The summed E-state index contributed by atoms with van der Waals surface area (Å²) in [6, 6.07) is 15.3. The third-order valence-corrected chi connectivity index (χ3v) is 6.87. The number of aliphatic imine (C=N–C) groups is 1. The Kier molecular flexibility index (Phi) is 5.78. The fraction of sp³-hybridized carbons (Fsp3) is 0.241. The summed E-state index contributed by atoms with van der Waals surface area (Å²) < 4.78 is 43.8. The van der Waals surface area contributed by atoms with Crippen LogP contribution in [0.1, 0.15) is 36.8 Å². The number of halogens is 3. The van der Waals surface area contributed by atoms with Gasteiger partial charge in [-0.2, -0.15) is 0 Å². The number of pyridine rings is 1. The molecule has 7 nitrogen and oxygen atoms in total. The van der Waals surface area contributed by atoms with E-state index < -0.39 is 23.0 Å². The molecule has 2 aliphatic rings. The zero-order chi connectivity index (χ0) is 27.5. The number of rotatable bonds is 5. The Morgan fingerprint density at radius 3 is 2.33 bits per heavy atom. The molecule has 10 heteroatoms. The molecule has 0 radical (unpaired) electrons.